The molecule has 0 saturated carbocycles. The van der Waals surface area contributed by atoms with Crippen LogP contribution in [0, 0.1) is 5.92 Å². The van der Waals surface area contributed by atoms with Gasteiger partial charge >= 0.3 is 0 Å². The number of ether oxygens (including phenoxy) is 1. The smallest absolute Gasteiger partial charge is 0.222 e. The molecule has 1 aromatic carbocycles. The van der Waals surface area contributed by atoms with E-state index in [-0.39, 0.29) is 11.9 Å². The van der Waals surface area contributed by atoms with Crippen LogP contribution in [0.3, 0.4) is 0 Å². The second-order valence-electron chi connectivity index (χ2n) is 7.05. The molecule has 1 atom stereocenters. The van der Waals surface area contributed by atoms with E-state index in [0.29, 0.717) is 25.6 Å². The first-order valence-corrected chi connectivity index (χ1v) is 8.92. The van der Waals surface area contributed by atoms with Crippen molar-refractivity contribution in [1.82, 2.24) is 19.9 Å². The van der Waals surface area contributed by atoms with Crippen LogP contribution in [0.25, 0.3) is 0 Å². The van der Waals surface area contributed by atoms with Crippen LogP contribution in [0.5, 0.6) is 0 Å². The van der Waals surface area contributed by atoms with Crippen molar-refractivity contribution in [2.24, 2.45) is 5.92 Å². The molecule has 1 aromatic heterocycles. The maximum atomic E-state index is 12.2. The molecule has 2 aromatic rings. The van der Waals surface area contributed by atoms with Crippen LogP contribution in [-0.2, 0) is 22.7 Å². The van der Waals surface area contributed by atoms with E-state index in [1.54, 1.807) is 0 Å². The third-order valence-electron chi connectivity index (χ3n) is 4.39. The van der Waals surface area contributed by atoms with Crippen molar-refractivity contribution >= 4 is 5.91 Å². The summed E-state index contributed by atoms with van der Waals surface area (Å²) in [7, 11) is 0. The molecular formula is C19H26N4O2. The predicted octanol–water partition coefficient (Wildman–Crippen LogP) is 2.81. The minimum absolute atomic E-state index is 0.214. The van der Waals surface area contributed by atoms with E-state index < -0.39 is 0 Å². The predicted molar refractivity (Wildman–Crippen MR) is 94.6 cm³/mol. The number of hydrogen-bond donors (Lipinski definition) is 0. The Labute approximate surface area is 148 Å². The van der Waals surface area contributed by atoms with Crippen molar-refractivity contribution in [2.75, 3.05) is 13.1 Å². The van der Waals surface area contributed by atoms with Crippen LogP contribution in [0.2, 0.25) is 0 Å². The van der Waals surface area contributed by atoms with Crippen LogP contribution < -0.4 is 0 Å². The number of carbonyl (C=O) groups is 1. The maximum absolute atomic E-state index is 12.2. The van der Waals surface area contributed by atoms with E-state index in [9.17, 15) is 4.79 Å². The molecule has 3 rings (SSSR count). The molecule has 0 N–H and O–H groups in total. The summed E-state index contributed by atoms with van der Waals surface area (Å²) in [6.45, 7) is 6.68. The summed E-state index contributed by atoms with van der Waals surface area (Å²) in [6, 6.07) is 10.3. The Hall–Kier alpha value is -2.21. The molecule has 1 unspecified atom stereocenters. The molecule has 1 aliphatic heterocycles. The highest BCUT2D eigenvalue weighted by molar-refractivity contribution is 5.76. The third-order valence-corrected chi connectivity index (χ3v) is 4.39. The van der Waals surface area contributed by atoms with Crippen LogP contribution in [0.1, 0.15) is 44.0 Å². The Morgan fingerprint density at radius 1 is 1.28 bits per heavy atom. The van der Waals surface area contributed by atoms with E-state index >= 15 is 0 Å². The SMILES string of the molecule is CC(C)CC(=O)N1CCC(n2cc(COCc3ccccc3)nn2)C1. The first kappa shape index (κ1) is 17.6. The molecule has 134 valence electrons. The van der Waals surface area contributed by atoms with Crippen LogP contribution in [-0.4, -0.2) is 38.9 Å². The lowest BCUT2D eigenvalue weighted by atomic mass is 10.1. The van der Waals surface area contributed by atoms with E-state index in [4.69, 9.17) is 4.74 Å². The normalized spacial score (nSPS) is 17.4. The van der Waals surface area contributed by atoms with Gasteiger partial charge in [0.2, 0.25) is 5.91 Å². The summed E-state index contributed by atoms with van der Waals surface area (Å²) in [5.74, 6) is 0.635. The Kier molecular flexibility index (Phi) is 5.81. The van der Waals surface area contributed by atoms with Gasteiger partial charge in [0.25, 0.3) is 0 Å². The van der Waals surface area contributed by atoms with Gasteiger partial charge in [0, 0.05) is 19.5 Å². The van der Waals surface area contributed by atoms with Crippen molar-refractivity contribution < 1.29 is 9.53 Å². The van der Waals surface area contributed by atoms with E-state index in [2.05, 4.69) is 24.2 Å². The number of aromatic nitrogens is 3. The summed E-state index contributed by atoms with van der Waals surface area (Å²) in [4.78, 5) is 14.1. The van der Waals surface area contributed by atoms with Gasteiger partial charge < -0.3 is 9.64 Å². The van der Waals surface area contributed by atoms with Gasteiger partial charge in [0.1, 0.15) is 5.69 Å². The monoisotopic (exact) mass is 342 g/mol. The molecule has 0 aliphatic carbocycles. The van der Waals surface area contributed by atoms with Gasteiger partial charge in [-0.05, 0) is 17.9 Å². The lowest BCUT2D eigenvalue weighted by molar-refractivity contribution is -0.131. The van der Waals surface area contributed by atoms with E-state index in [0.717, 1.165) is 30.8 Å². The quantitative estimate of drug-likeness (QED) is 0.776. The van der Waals surface area contributed by atoms with Crippen molar-refractivity contribution in [1.29, 1.82) is 0 Å². The summed E-state index contributed by atoms with van der Waals surface area (Å²) in [5.41, 5.74) is 1.97. The minimum Gasteiger partial charge on any atom is -0.370 e. The van der Waals surface area contributed by atoms with E-state index in [1.165, 1.54) is 0 Å². The standard InChI is InChI=1S/C19H26N4O2/c1-15(2)10-19(24)22-9-8-18(12-22)23-11-17(20-21-23)14-25-13-16-6-4-3-5-7-16/h3-7,11,15,18H,8-10,12-14H2,1-2H3. The van der Waals surface area contributed by atoms with Gasteiger partial charge in [0.15, 0.2) is 0 Å². The molecule has 2 heterocycles. The topological polar surface area (TPSA) is 60.2 Å². The number of carbonyl (C=O) groups excluding carboxylic acids is 1. The average Bonchev–Trinajstić information content (AvgIpc) is 3.24. The number of hydrogen-bond acceptors (Lipinski definition) is 4. The lowest BCUT2D eigenvalue weighted by Crippen LogP contribution is -2.30. The zero-order valence-corrected chi connectivity index (χ0v) is 15.0. The molecular weight excluding hydrogens is 316 g/mol. The average molecular weight is 342 g/mol. The molecule has 1 aliphatic rings. The number of amides is 1. The molecule has 0 spiro atoms. The molecule has 1 saturated heterocycles. The highest BCUT2D eigenvalue weighted by atomic mass is 16.5. The number of nitrogens with zero attached hydrogens (tertiary/aromatic N) is 4. The highest BCUT2D eigenvalue weighted by Crippen LogP contribution is 2.22. The Morgan fingerprint density at radius 3 is 2.84 bits per heavy atom. The zero-order valence-electron chi connectivity index (χ0n) is 15.0. The highest BCUT2D eigenvalue weighted by Gasteiger charge is 2.28. The fraction of sp³-hybridized carbons (Fsp3) is 0.526. The van der Waals surface area contributed by atoms with Gasteiger partial charge in [-0.3, -0.25) is 4.79 Å². The number of likely N-dealkylation sites (tertiary alicyclic amines) is 1. The Morgan fingerprint density at radius 2 is 2.08 bits per heavy atom. The Balaban J connectivity index is 1.48. The van der Waals surface area contributed by atoms with Gasteiger partial charge in [-0.25, -0.2) is 4.68 Å². The second-order valence-corrected chi connectivity index (χ2v) is 7.05. The minimum atomic E-state index is 0.214. The third kappa shape index (κ3) is 4.89. The lowest BCUT2D eigenvalue weighted by Gasteiger charge is -2.17. The maximum Gasteiger partial charge on any atom is 0.222 e. The van der Waals surface area contributed by atoms with Crippen LogP contribution >= 0.6 is 0 Å². The zero-order chi connectivity index (χ0) is 17.6. The first-order valence-electron chi connectivity index (χ1n) is 8.92. The van der Waals surface area contributed by atoms with Crippen LogP contribution in [0.15, 0.2) is 36.5 Å². The summed E-state index contributed by atoms with van der Waals surface area (Å²) in [6.07, 6.45) is 3.48. The van der Waals surface area contributed by atoms with Gasteiger partial charge in [-0.2, -0.15) is 0 Å². The number of rotatable bonds is 7. The molecule has 25 heavy (non-hydrogen) atoms. The molecule has 6 nitrogen and oxygen atoms in total. The summed E-state index contributed by atoms with van der Waals surface area (Å²) in [5, 5.41) is 8.42. The van der Waals surface area contributed by atoms with Crippen molar-refractivity contribution in [3.63, 3.8) is 0 Å². The van der Waals surface area contributed by atoms with Crippen molar-refractivity contribution in [2.45, 2.75) is 45.9 Å². The molecule has 6 heteroatoms. The Bertz CT molecular complexity index is 684. The second kappa shape index (κ2) is 8.25. The largest absolute Gasteiger partial charge is 0.370 e. The molecule has 0 radical (unpaired) electrons. The molecule has 1 fully saturated rings. The summed E-state index contributed by atoms with van der Waals surface area (Å²) >= 11 is 0. The molecule has 1 amide bonds. The summed E-state index contributed by atoms with van der Waals surface area (Å²) < 4.78 is 7.58. The fourth-order valence-corrected chi connectivity index (χ4v) is 3.07. The van der Waals surface area contributed by atoms with Crippen molar-refractivity contribution in [3.8, 4) is 0 Å². The molecule has 0 bridgehead atoms. The number of benzene rings is 1. The van der Waals surface area contributed by atoms with Crippen molar-refractivity contribution in [3.05, 3.63) is 47.8 Å². The first-order chi connectivity index (χ1) is 12.1. The van der Waals surface area contributed by atoms with Gasteiger partial charge in [-0.1, -0.05) is 49.4 Å². The van der Waals surface area contributed by atoms with Crippen LogP contribution in [0.4, 0.5) is 0 Å². The van der Waals surface area contributed by atoms with Gasteiger partial charge in [-0.15, -0.1) is 5.10 Å². The van der Waals surface area contributed by atoms with Gasteiger partial charge in [0.05, 0.1) is 25.5 Å². The fourth-order valence-electron chi connectivity index (χ4n) is 3.07. The van der Waals surface area contributed by atoms with E-state index in [1.807, 2.05) is 46.1 Å².